The summed E-state index contributed by atoms with van der Waals surface area (Å²) in [6.45, 7) is 9.64. The summed E-state index contributed by atoms with van der Waals surface area (Å²) in [6.07, 6.45) is 1.78. The van der Waals surface area contributed by atoms with Gasteiger partial charge in [0.25, 0.3) is 5.91 Å². The summed E-state index contributed by atoms with van der Waals surface area (Å²) >= 11 is 0. The lowest BCUT2D eigenvalue weighted by molar-refractivity contribution is 0.0501. The Morgan fingerprint density at radius 1 is 1.00 bits per heavy atom. The third-order valence-corrected chi connectivity index (χ3v) is 7.57. The fraction of sp³-hybridized carbons (Fsp3) is 0.343. The Bertz CT molecular complexity index is 1830. The third-order valence-electron chi connectivity index (χ3n) is 7.57. The van der Waals surface area contributed by atoms with Gasteiger partial charge in [-0.15, -0.1) is 0 Å². The van der Waals surface area contributed by atoms with Gasteiger partial charge in [-0.3, -0.25) is 4.79 Å². The van der Waals surface area contributed by atoms with E-state index in [4.69, 9.17) is 4.74 Å². The minimum absolute atomic E-state index is 0.131. The highest BCUT2D eigenvalue weighted by atomic mass is 19.1. The zero-order valence-corrected chi connectivity index (χ0v) is 25.9. The summed E-state index contributed by atoms with van der Waals surface area (Å²) in [5.74, 6) is -1.54. The molecule has 45 heavy (non-hydrogen) atoms. The number of amides is 2. The van der Waals surface area contributed by atoms with Crippen LogP contribution >= 0.6 is 0 Å². The van der Waals surface area contributed by atoms with Crippen LogP contribution < -0.4 is 5.32 Å². The molecule has 234 valence electrons. The Morgan fingerprint density at radius 3 is 2.42 bits per heavy atom. The summed E-state index contributed by atoms with van der Waals surface area (Å²) in [6, 6.07) is 15.5. The van der Waals surface area contributed by atoms with Crippen molar-refractivity contribution in [1.82, 2.24) is 14.8 Å². The van der Waals surface area contributed by atoms with Crippen LogP contribution in [0.3, 0.4) is 0 Å². The molecule has 10 heteroatoms. The van der Waals surface area contributed by atoms with E-state index in [1.165, 1.54) is 18.2 Å². The molecule has 0 saturated carbocycles. The number of aromatic nitrogens is 1. The number of carbonyl (C=O) groups excluding carboxylic acids is 2. The summed E-state index contributed by atoms with van der Waals surface area (Å²) < 4.78 is 37.8. The Labute approximate surface area is 260 Å². The molecule has 2 N–H and O–H groups in total. The van der Waals surface area contributed by atoms with Crippen molar-refractivity contribution in [3.8, 4) is 28.3 Å². The standard InChI is InChI=1S/C35H36F2N4O4/c1-34(2,3)45-33(43)39-25-11-13-40(19-25)32(42)23-8-9-26(27(15-23)21-6-7-24(18-38)29(36)16-21)28-14-22-10-12-41(20-35(4,5)44)31(22)17-30(28)37/h6-10,12,14-17,25,44H,11,13,19-20H2,1-5H3,(H,39,43)/t25-/m0/s1. The summed E-state index contributed by atoms with van der Waals surface area (Å²) in [7, 11) is 0. The highest BCUT2D eigenvalue weighted by molar-refractivity contribution is 5.99. The molecule has 8 nitrogen and oxygen atoms in total. The van der Waals surface area contributed by atoms with Crippen LogP contribution in [0.2, 0.25) is 0 Å². The zero-order chi connectivity index (χ0) is 32.7. The number of nitriles is 1. The first-order valence-corrected chi connectivity index (χ1v) is 14.8. The normalized spacial score (nSPS) is 15.3. The van der Waals surface area contributed by atoms with E-state index in [0.29, 0.717) is 40.7 Å². The van der Waals surface area contributed by atoms with Crippen molar-refractivity contribution in [3.05, 3.63) is 83.6 Å². The van der Waals surface area contributed by atoms with Crippen LogP contribution in [0.4, 0.5) is 13.6 Å². The number of hydrogen-bond donors (Lipinski definition) is 2. The number of alkyl carbamates (subject to hydrolysis) is 1. The summed E-state index contributed by atoms with van der Waals surface area (Å²) in [5.41, 5.74) is 0.634. The number of fused-ring (bicyclic) bond motifs is 1. The number of benzene rings is 3. The first kappa shape index (κ1) is 31.7. The zero-order valence-electron chi connectivity index (χ0n) is 25.9. The number of hydrogen-bond acceptors (Lipinski definition) is 5. The molecule has 1 aromatic heterocycles. The van der Waals surface area contributed by atoms with Gasteiger partial charge in [-0.05, 0) is 100 Å². The van der Waals surface area contributed by atoms with Crippen LogP contribution in [0.1, 0.15) is 57.0 Å². The summed E-state index contributed by atoms with van der Waals surface area (Å²) in [4.78, 5) is 27.5. The lowest BCUT2D eigenvalue weighted by Gasteiger charge is -2.22. The highest BCUT2D eigenvalue weighted by Gasteiger charge is 2.30. The second-order valence-corrected chi connectivity index (χ2v) is 13.1. The molecule has 1 aliphatic heterocycles. The van der Waals surface area contributed by atoms with Crippen LogP contribution in [0.25, 0.3) is 33.2 Å². The number of carbonyl (C=O) groups is 2. The number of aliphatic hydroxyl groups is 1. The molecule has 5 rings (SSSR count). The molecule has 1 atom stereocenters. The van der Waals surface area contributed by atoms with Crippen LogP contribution in [-0.2, 0) is 11.3 Å². The molecule has 0 radical (unpaired) electrons. The number of nitrogens with zero attached hydrogens (tertiary/aromatic N) is 3. The van der Waals surface area contributed by atoms with Crippen molar-refractivity contribution in [3.63, 3.8) is 0 Å². The molecular weight excluding hydrogens is 578 g/mol. The smallest absolute Gasteiger partial charge is 0.407 e. The van der Waals surface area contributed by atoms with Gasteiger partial charge in [0.05, 0.1) is 29.3 Å². The first-order chi connectivity index (χ1) is 21.1. The van der Waals surface area contributed by atoms with Gasteiger partial charge in [-0.1, -0.05) is 12.1 Å². The van der Waals surface area contributed by atoms with Crippen LogP contribution in [0, 0.1) is 23.0 Å². The van der Waals surface area contributed by atoms with Gasteiger partial charge < -0.3 is 24.6 Å². The van der Waals surface area contributed by atoms with Gasteiger partial charge in [0.15, 0.2) is 0 Å². The molecule has 2 amide bonds. The van der Waals surface area contributed by atoms with Crippen molar-refractivity contribution < 1.29 is 28.2 Å². The van der Waals surface area contributed by atoms with Crippen LogP contribution in [-0.4, -0.2) is 56.9 Å². The molecule has 0 spiro atoms. The second kappa shape index (κ2) is 12.0. The molecule has 0 unspecified atom stereocenters. The van der Waals surface area contributed by atoms with Gasteiger partial charge in [-0.25, -0.2) is 13.6 Å². The van der Waals surface area contributed by atoms with E-state index < -0.39 is 28.9 Å². The SMILES string of the molecule is CC(C)(O)Cn1ccc2cc(-c3ccc(C(=O)N4CC[C@H](NC(=O)OC(C)(C)C)C4)cc3-c3ccc(C#N)c(F)c3)c(F)cc21. The maximum Gasteiger partial charge on any atom is 0.407 e. The molecule has 4 aromatic rings. The molecule has 1 fully saturated rings. The van der Waals surface area contributed by atoms with Crippen molar-refractivity contribution in [2.75, 3.05) is 13.1 Å². The Kier molecular flexibility index (Phi) is 8.43. The second-order valence-electron chi connectivity index (χ2n) is 13.1. The lowest BCUT2D eigenvalue weighted by atomic mass is 9.91. The predicted octanol–water partition coefficient (Wildman–Crippen LogP) is 6.64. The number of rotatable bonds is 6. The maximum atomic E-state index is 15.8. The van der Waals surface area contributed by atoms with E-state index in [0.717, 1.165) is 5.39 Å². The van der Waals surface area contributed by atoms with E-state index in [-0.39, 0.29) is 36.2 Å². The number of halogens is 2. The Balaban J connectivity index is 1.51. The molecule has 3 aromatic carbocycles. The van der Waals surface area contributed by atoms with Gasteiger partial charge in [0, 0.05) is 35.8 Å². The maximum absolute atomic E-state index is 15.8. The average molecular weight is 615 g/mol. The van der Waals surface area contributed by atoms with Crippen molar-refractivity contribution in [1.29, 1.82) is 5.26 Å². The van der Waals surface area contributed by atoms with Gasteiger partial charge in [0.2, 0.25) is 0 Å². The van der Waals surface area contributed by atoms with Gasteiger partial charge >= 0.3 is 6.09 Å². The minimum Gasteiger partial charge on any atom is -0.444 e. The molecule has 1 saturated heterocycles. The number of ether oxygens (including phenoxy) is 1. The van der Waals surface area contributed by atoms with Crippen LogP contribution in [0.5, 0.6) is 0 Å². The third kappa shape index (κ3) is 7.15. The number of likely N-dealkylation sites (tertiary alicyclic amines) is 1. The molecule has 2 heterocycles. The molecule has 0 aliphatic carbocycles. The minimum atomic E-state index is -1.00. The van der Waals surface area contributed by atoms with Crippen molar-refractivity contribution >= 4 is 22.9 Å². The van der Waals surface area contributed by atoms with Crippen molar-refractivity contribution in [2.24, 2.45) is 0 Å². The predicted molar refractivity (Wildman–Crippen MR) is 167 cm³/mol. The van der Waals surface area contributed by atoms with Crippen molar-refractivity contribution in [2.45, 2.75) is 64.8 Å². The van der Waals surface area contributed by atoms with Gasteiger partial charge in [-0.2, -0.15) is 5.26 Å². The van der Waals surface area contributed by atoms with E-state index in [1.807, 2.05) is 12.1 Å². The topological polar surface area (TPSA) is 108 Å². The first-order valence-electron chi connectivity index (χ1n) is 14.8. The van der Waals surface area contributed by atoms with E-state index in [2.05, 4.69) is 5.32 Å². The molecule has 1 aliphatic rings. The monoisotopic (exact) mass is 614 g/mol. The highest BCUT2D eigenvalue weighted by Crippen LogP contribution is 2.37. The average Bonchev–Trinajstić information content (AvgIpc) is 3.56. The quantitative estimate of drug-likeness (QED) is 0.253. The van der Waals surface area contributed by atoms with Gasteiger partial charge in [0.1, 0.15) is 23.3 Å². The molecule has 0 bridgehead atoms. The Hall–Kier alpha value is -4.75. The van der Waals surface area contributed by atoms with E-state index >= 15 is 4.39 Å². The fourth-order valence-corrected chi connectivity index (χ4v) is 5.62. The Morgan fingerprint density at radius 2 is 1.76 bits per heavy atom. The van der Waals surface area contributed by atoms with Crippen LogP contribution in [0.15, 0.2) is 60.8 Å². The largest absolute Gasteiger partial charge is 0.444 e. The number of nitrogens with one attached hydrogen (secondary N) is 1. The summed E-state index contributed by atoms with van der Waals surface area (Å²) in [5, 5.41) is 23.1. The fourth-order valence-electron chi connectivity index (χ4n) is 5.62. The van der Waals surface area contributed by atoms with E-state index in [9.17, 15) is 24.3 Å². The van der Waals surface area contributed by atoms with E-state index in [1.54, 1.807) is 80.6 Å². The molecular formula is C35H36F2N4O4. The lowest BCUT2D eigenvalue weighted by Crippen LogP contribution is -2.41.